The van der Waals surface area contributed by atoms with E-state index in [-0.39, 0.29) is 28.3 Å². The van der Waals surface area contributed by atoms with Crippen molar-refractivity contribution in [2.75, 3.05) is 5.32 Å². The molecule has 0 fully saturated rings. The molecule has 0 saturated heterocycles. The Bertz CT molecular complexity index is 1360. The number of alkyl halides is 3. The molecule has 0 aliphatic rings. The minimum atomic E-state index is -4.68. The Balaban J connectivity index is 1.62. The molecule has 3 aromatic heterocycles. The maximum atomic E-state index is 13.6. The van der Waals surface area contributed by atoms with Crippen molar-refractivity contribution in [1.82, 2.24) is 19.7 Å². The van der Waals surface area contributed by atoms with Gasteiger partial charge in [0.1, 0.15) is 17.3 Å². The van der Waals surface area contributed by atoms with Crippen molar-refractivity contribution in [2.45, 2.75) is 6.18 Å². The third-order valence-electron chi connectivity index (χ3n) is 4.48. The predicted molar refractivity (Wildman–Crippen MR) is 109 cm³/mol. The second-order valence-corrected chi connectivity index (χ2v) is 6.76. The highest BCUT2D eigenvalue weighted by atomic mass is 19.4. The molecule has 0 unspecified atom stereocenters. The van der Waals surface area contributed by atoms with E-state index in [9.17, 15) is 22.4 Å². The average Bonchev–Trinajstić information content (AvgIpc) is 3.26. The molecule has 3 heterocycles. The van der Waals surface area contributed by atoms with E-state index in [0.29, 0.717) is 10.2 Å². The van der Waals surface area contributed by atoms with Gasteiger partial charge in [-0.1, -0.05) is 0 Å². The molecule has 0 spiro atoms. The lowest BCUT2D eigenvalue weighted by Gasteiger charge is -2.10. The van der Waals surface area contributed by atoms with Gasteiger partial charge in [-0.15, -0.1) is 0 Å². The summed E-state index contributed by atoms with van der Waals surface area (Å²) in [6, 6.07) is 11.5. The zero-order valence-corrected chi connectivity index (χ0v) is 16.5. The van der Waals surface area contributed by atoms with Gasteiger partial charge in [0.05, 0.1) is 29.2 Å². The Labute approximate surface area is 184 Å². The van der Waals surface area contributed by atoms with Crippen LogP contribution in [-0.4, -0.2) is 25.7 Å². The van der Waals surface area contributed by atoms with Crippen LogP contribution in [-0.2, 0) is 6.18 Å². The van der Waals surface area contributed by atoms with Crippen LogP contribution < -0.4 is 5.32 Å². The molecule has 0 aliphatic heterocycles. The first-order valence-electron chi connectivity index (χ1n) is 9.31. The molecule has 1 aromatic carbocycles. The van der Waals surface area contributed by atoms with Crippen LogP contribution in [0.1, 0.15) is 21.6 Å². The lowest BCUT2D eigenvalue weighted by atomic mass is 10.1. The van der Waals surface area contributed by atoms with Gasteiger partial charge in [0.25, 0.3) is 5.91 Å². The number of benzene rings is 1. The van der Waals surface area contributed by atoms with E-state index in [4.69, 9.17) is 5.26 Å². The lowest BCUT2D eigenvalue weighted by Crippen LogP contribution is -2.15. The van der Waals surface area contributed by atoms with Crippen molar-refractivity contribution in [3.05, 3.63) is 89.8 Å². The van der Waals surface area contributed by atoms with Gasteiger partial charge in [-0.25, -0.2) is 14.1 Å². The molecule has 0 saturated carbocycles. The quantitative estimate of drug-likeness (QED) is 0.456. The van der Waals surface area contributed by atoms with Gasteiger partial charge in [-0.2, -0.15) is 23.5 Å². The number of rotatable bonds is 4. The van der Waals surface area contributed by atoms with Gasteiger partial charge < -0.3 is 5.32 Å². The monoisotopic (exact) mass is 452 g/mol. The highest BCUT2D eigenvalue weighted by Gasteiger charge is 2.36. The molecule has 4 rings (SSSR count). The minimum Gasteiger partial charge on any atom is -0.307 e. The van der Waals surface area contributed by atoms with Crippen LogP contribution in [0, 0.1) is 17.1 Å². The standard InChI is InChI=1S/C22H12F4N6O/c23-16-7-13(10-27)6-15(8-16)21(33)30-20-4-3-17(12-29-20)32-19(22(24,25)26)9-18(31-32)14-2-1-5-28-11-14/h1-9,11-12H,(H,29,30,33). The van der Waals surface area contributed by atoms with Crippen molar-refractivity contribution in [3.63, 3.8) is 0 Å². The predicted octanol–water partition coefficient (Wildman–Crippen LogP) is 4.61. The van der Waals surface area contributed by atoms with E-state index >= 15 is 0 Å². The van der Waals surface area contributed by atoms with Crippen molar-refractivity contribution in [1.29, 1.82) is 5.26 Å². The van der Waals surface area contributed by atoms with Crippen LogP contribution in [0.2, 0.25) is 0 Å². The Morgan fingerprint density at radius 2 is 1.91 bits per heavy atom. The van der Waals surface area contributed by atoms with Crippen molar-refractivity contribution in [3.8, 4) is 23.0 Å². The first-order chi connectivity index (χ1) is 15.7. The van der Waals surface area contributed by atoms with Crippen LogP contribution in [0.15, 0.2) is 67.1 Å². The second-order valence-electron chi connectivity index (χ2n) is 6.76. The summed E-state index contributed by atoms with van der Waals surface area (Å²) in [5.41, 5.74) is -0.662. The van der Waals surface area contributed by atoms with Crippen molar-refractivity contribution in [2.24, 2.45) is 0 Å². The number of nitrogens with one attached hydrogen (secondary N) is 1. The van der Waals surface area contributed by atoms with E-state index < -0.39 is 23.6 Å². The van der Waals surface area contributed by atoms with E-state index in [0.717, 1.165) is 24.4 Å². The van der Waals surface area contributed by atoms with Gasteiger partial charge in [0, 0.05) is 23.5 Å². The number of pyridine rings is 2. The van der Waals surface area contributed by atoms with E-state index in [1.807, 2.05) is 0 Å². The highest BCUT2D eigenvalue weighted by molar-refractivity contribution is 6.04. The van der Waals surface area contributed by atoms with Gasteiger partial charge in [-0.3, -0.25) is 9.78 Å². The van der Waals surface area contributed by atoms with Crippen LogP contribution in [0.3, 0.4) is 0 Å². The molecule has 11 heteroatoms. The van der Waals surface area contributed by atoms with Gasteiger partial charge >= 0.3 is 6.18 Å². The molecular formula is C22H12F4N6O. The number of carbonyl (C=O) groups excluding carboxylic acids is 1. The molecule has 33 heavy (non-hydrogen) atoms. The highest BCUT2D eigenvalue weighted by Crippen LogP contribution is 2.34. The van der Waals surface area contributed by atoms with E-state index in [1.165, 1.54) is 30.6 Å². The summed E-state index contributed by atoms with van der Waals surface area (Å²) in [6.45, 7) is 0. The topological polar surface area (TPSA) is 96.5 Å². The molecule has 0 bridgehead atoms. The third kappa shape index (κ3) is 4.69. The summed E-state index contributed by atoms with van der Waals surface area (Å²) in [5.74, 6) is -1.48. The lowest BCUT2D eigenvalue weighted by molar-refractivity contribution is -0.142. The minimum absolute atomic E-state index is 0.00739. The SMILES string of the molecule is N#Cc1cc(F)cc(C(=O)Nc2ccc(-n3nc(-c4cccnc4)cc3C(F)(F)F)cn2)c1. The summed E-state index contributed by atoms with van der Waals surface area (Å²) < 4.78 is 55.0. The molecule has 7 nitrogen and oxygen atoms in total. The fourth-order valence-corrected chi connectivity index (χ4v) is 2.99. The molecule has 0 radical (unpaired) electrons. The molecule has 164 valence electrons. The Morgan fingerprint density at radius 3 is 2.55 bits per heavy atom. The number of amides is 1. The fourth-order valence-electron chi connectivity index (χ4n) is 2.99. The maximum absolute atomic E-state index is 13.6. The molecule has 1 amide bonds. The van der Waals surface area contributed by atoms with Gasteiger partial charge in [-0.05, 0) is 48.5 Å². The molecule has 0 aliphatic carbocycles. The zero-order chi connectivity index (χ0) is 23.6. The zero-order valence-electron chi connectivity index (χ0n) is 16.5. The molecular weight excluding hydrogens is 440 g/mol. The van der Waals surface area contributed by atoms with E-state index in [1.54, 1.807) is 18.2 Å². The number of hydrogen-bond donors (Lipinski definition) is 1. The van der Waals surface area contributed by atoms with Crippen LogP contribution in [0.4, 0.5) is 23.4 Å². The Morgan fingerprint density at radius 1 is 1.09 bits per heavy atom. The van der Waals surface area contributed by atoms with Crippen LogP contribution in [0.25, 0.3) is 16.9 Å². The number of hydrogen-bond acceptors (Lipinski definition) is 5. The average molecular weight is 452 g/mol. The first-order valence-corrected chi connectivity index (χ1v) is 9.31. The number of aromatic nitrogens is 4. The van der Waals surface area contributed by atoms with Crippen LogP contribution in [0.5, 0.6) is 0 Å². The van der Waals surface area contributed by atoms with Gasteiger partial charge in [0.15, 0.2) is 0 Å². The van der Waals surface area contributed by atoms with Gasteiger partial charge in [0.2, 0.25) is 0 Å². The normalized spacial score (nSPS) is 11.1. The number of carbonyl (C=O) groups is 1. The number of halogens is 4. The summed E-state index contributed by atoms with van der Waals surface area (Å²) >= 11 is 0. The summed E-state index contributed by atoms with van der Waals surface area (Å²) in [7, 11) is 0. The molecule has 4 aromatic rings. The Kier molecular flexibility index (Phi) is 5.58. The maximum Gasteiger partial charge on any atom is 0.433 e. The first kappa shape index (κ1) is 21.6. The molecule has 1 N–H and O–H groups in total. The summed E-state index contributed by atoms with van der Waals surface area (Å²) in [6.07, 6.45) is -0.686. The van der Waals surface area contributed by atoms with Crippen molar-refractivity contribution >= 4 is 11.7 Å². The largest absolute Gasteiger partial charge is 0.433 e. The smallest absolute Gasteiger partial charge is 0.307 e. The molecule has 0 atom stereocenters. The number of nitrogens with zero attached hydrogens (tertiary/aromatic N) is 5. The number of nitriles is 1. The fraction of sp³-hybridized carbons (Fsp3) is 0.0455. The van der Waals surface area contributed by atoms with Crippen LogP contribution >= 0.6 is 0 Å². The second kappa shape index (κ2) is 8.51. The summed E-state index contributed by atoms with van der Waals surface area (Å²) in [4.78, 5) is 20.2. The van der Waals surface area contributed by atoms with Crippen molar-refractivity contribution < 1.29 is 22.4 Å². The summed E-state index contributed by atoms with van der Waals surface area (Å²) in [5, 5.41) is 15.3. The Hall–Kier alpha value is -4.59. The third-order valence-corrected chi connectivity index (χ3v) is 4.48. The van der Waals surface area contributed by atoms with E-state index in [2.05, 4.69) is 20.4 Å². The number of anilines is 1.